The smallest absolute Gasteiger partial charge is 0.0892 e. The van der Waals surface area contributed by atoms with E-state index in [9.17, 15) is 0 Å². The van der Waals surface area contributed by atoms with Gasteiger partial charge in [-0.1, -0.05) is 30.3 Å². The summed E-state index contributed by atoms with van der Waals surface area (Å²) in [5.41, 5.74) is 1.75. The van der Waals surface area contributed by atoms with Gasteiger partial charge in [0.25, 0.3) is 0 Å². The van der Waals surface area contributed by atoms with Crippen molar-refractivity contribution in [3.05, 3.63) is 35.9 Å². The Balaban J connectivity index is 1.62. The van der Waals surface area contributed by atoms with Crippen molar-refractivity contribution in [2.75, 3.05) is 0 Å². The molecule has 132 valence electrons. The Morgan fingerprint density at radius 3 is 2.21 bits per heavy atom. The maximum absolute atomic E-state index is 6.92. The van der Waals surface area contributed by atoms with E-state index in [2.05, 4.69) is 63.1 Å². The van der Waals surface area contributed by atoms with E-state index in [1.54, 1.807) is 0 Å². The molecule has 2 nitrogen and oxygen atoms in total. The summed E-state index contributed by atoms with van der Waals surface area (Å²) in [5, 5.41) is 2.39. The zero-order valence-corrected chi connectivity index (χ0v) is 15.8. The highest BCUT2D eigenvalue weighted by Crippen LogP contribution is 2.55. The molecular formula is C22H33NO. The number of hydroxylamine groups is 2. The van der Waals surface area contributed by atoms with Crippen molar-refractivity contribution in [3.63, 3.8) is 0 Å². The van der Waals surface area contributed by atoms with Crippen molar-refractivity contribution < 1.29 is 4.84 Å². The van der Waals surface area contributed by atoms with Crippen molar-refractivity contribution in [2.45, 2.75) is 89.3 Å². The standard InChI is InChI=1S/C22H33NO/c1-21(2)13-8-14-22(3,4)23(21)24-20-18-12-11-17(15-18)19(20)16-9-6-5-7-10-16/h5-7,9-10,17-20H,8,11-15H2,1-4H3/t17?,18?,19-,20-/m1/s1. The third-order valence-electron chi connectivity index (χ3n) is 6.93. The molecule has 1 heterocycles. The number of hydrogen-bond acceptors (Lipinski definition) is 2. The Hall–Kier alpha value is -0.860. The highest BCUT2D eigenvalue weighted by molar-refractivity contribution is 5.25. The Kier molecular flexibility index (Phi) is 4.04. The van der Waals surface area contributed by atoms with Gasteiger partial charge in [0.2, 0.25) is 0 Å². The molecular weight excluding hydrogens is 294 g/mol. The van der Waals surface area contributed by atoms with Crippen molar-refractivity contribution in [2.24, 2.45) is 11.8 Å². The molecule has 1 aromatic carbocycles. The van der Waals surface area contributed by atoms with Crippen LogP contribution in [0.15, 0.2) is 30.3 Å². The predicted molar refractivity (Wildman–Crippen MR) is 98.7 cm³/mol. The summed E-state index contributed by atoms with van der Waals surface area (Å²) in [5.74, 6) is 2.14. The van der Waals surface area contributed by atoms with Gasteiger partial charge >= 0.3 is 0 Å². The van der Waals surface area contributed by atoms with Crippen LogP contribution in [0, 0.1) is 11.8 Å². The molecule has 0 spiro atoms. The van der Waals surface area contributed by atoms with Crippen LogP contribution in [0.2, 0.25) is 0 Å². The van der Waals surface area contributed by atoms with E-state index in [1.165, 1.54) is 44.1 Å². The molecule has 4 rings (SSSR count). The lowest BCUT2D eigenvalue weighted by atomic mass is 9.80. The van der Waals surface area contributed by atoms with Crippen LogP contribution in [0.4, 0.5) is 0 Å². The van der Waals surface area contributed by atoms with E-state index < -0.39 is 0 Å². The SMILES string of the molecule is CC1(C)CCCC(C)(C)N1O[C@@H]1C2CCC(C2)[C@H]1c1ccccc1. The van der Waals surface area contributed by atoms with Crippen LogP contribution in [0.25, 0.3) is 0 Å². The van der Waals surface area contributed by atoms with E-state index in [1.807, 2.05) is 0 Å². The molecule has 0 radical (unpaired) electrons. The highest BCUT2D eigenvalue weighted by atomic mass is 16.7. The molecule has 24 heavy (non-hydrogen) atoms. The zero-order chi connectivity index (χ0) is 16.9. The van der Waals surface area contributed by atoms with Gasteiger partial charge in [0.05, 0.1) is 6.10 Å². The van der Waals surface area contributed by atoms with Crippen molar-refractivity contribution in [1.82, 2.24) is 5.06 Å². The van der Waals surface area contributed by atoms with Crippen LogP contribution < -0.4 is 0 Å². The average Bonchev–Trinajstić information content (AvgIpc) is 3.12. The summed E-state index contributed by atoms with van der Waals surface area (Å²) in [6.07, 6.45) is 8.23. The van der Waals surface area contributed by atoms with E-state index in [0.717, 1.165) is 11.8 Å². The fourth-order valence-electron chi connectivity index (χ4n) is 5.91. The highest BCUT2D eigenvalue weighted by Gasteiger charge is 2.52. The zero-order valence-electron chi connectivity index (χ0n) is 15.8. The molecule has 3 fully saturated rings. The second kappa shape index (κ2) is 5.85. The van der Waals surface area contributed by atoms with Crippen LogP contribution >= 0.6 is 0 Å². The monoisotopic (exact) mass is 327 g/mol. The molecule has 0 aromatic heterocycles. The first-order valence-electron chi connectivity index (χ1n) is 9.90. The van der Waals surface area contributed by atoms with Gasteiger partial charge in [-0.25, -0.2) is 0 Å². The lowest BCUT2D eigenvalue weighted by Crippen LogP contribution is -2.60. The Morgan fingerprint density at radius 1 is 0.917 bits per heavy atom. The molecule has 3 aliphatic rings. The first-order chi connectivity index (χ1) is 11.4. The lowest BCUT2D eigenvalue weighted by Gasteiger charge is -2.53. The normalized spacial score (nSPS) is 37.7. The molecule has 2 heteroatoms. The molecule has 1 saturated heterocycles. The summed E-state index contributed by atoms with van der Waals surface area (Å²) in [6.45, 7) is 9.44. The van der Waals surface area contributed by atoms with Gasteiger partial charge in [0.1, 0.15) is 0 Å². The largest absolute Gasteiger partial charge is 0.294 e. The fourth-order valence-corrected chi connectivity index (χ4v) is 5.91. The molecule has 2 unspecified atom stereocenters. The Labute approximate surface area is 147 Å². The maximum atomic E-state index is 6.92. The van der Waals surface area contributed by atoms with Crippen LogP contribution in [0.3, 0.4) is 0 Å². The predicted octanol–water partition coefficient (Wildman–Crippen LogP) is 5.54. The van der Waals surface area contributed by atoms with Gasteiger partial charge < -0.3 is 0 Å². The van der Waals surface area contributed by atoms with Gasteiger partial charge in [-0.2, -0.15) is 5.06 Å². The summed E-state index contributed by atoms with van der Waals surface area (Å²) in [6, 6.07) is 11.1. The van der Waals surface area contributed by atoms with Crippen molar-refractivity contribution >= 4 is 0 Å². The summed E-state index contributed by atoms with van der Waals surface area (Å²) in [4.78, 5) is 6.92. The first-order valence-corrected chi connectivity index (χ1v) is 9.90. The molecule has 2 aliphatic carbocycles. The fraction of sp³-hybridized carbons (Fsp3) is 0.727. The second-order valence-corrected chi connectivity index (χ2v) is 9.61. The minimum atomic E-state index is 0.130. The average molecular weight is 328 g/mol. The van der Waals surface area contributed by atoms with Gasteiger partial charge in [-0.05, 0) is 83.6 Å². The van der Waals surface area contributed by atoms with E-state index in [-0.39, 0.29) is 11.1 Å². The van der Waals surface area contributed by atoms with Crippen LogP contribution in [-0.2, 0) is 4.84 Å². The van der Waals surface area contributed by atoms with E-state index >= 15 is 0 Å². The molecule has 0 N–H and O–H groups in total. The number of rotatable bonds is 3. The number of nitrogens with zero attached hydrogens (tertiary/aromatic N) is 1. The van der Waals surface area contributed by atoms with Gasteiger partial charge in [0, 0.05) is 17.0 Å². The number of piperidine rings is 1. The van der Waals surface area contributed by atoms with E-state index in [0.29, 0.717) is 12.0 Å². The van der Waals surface area contributed by atoms with E-state index in [4.69, 9.17) is 4.84 Å². The molecule has 2 bridgehead atoms. The van der Waals surface area contributed by atoms with Crippen molar-refractivity contribution in [1.29, 1.82) is 0 Å². The summed E-state index contributed by atoms with van der Waals surface area (Å²) >= 11 is 0. The number of fused-ring (bicyclic) bond motifs is 2. The maximum Gasteiger partial charge on any atom is 0.0892 e. The third-order valence-corrected chi connectivity index (χ3v) is 6.93. The first kappa shape index (κ1) is 16.6. The van der Waals surface area contributed by atoms with Crippen LogP contribution in [0.5, 0.6) is 0 Å². The van der Waals surface area contributed by atoms with Crippen LogP contribution in [0.1, 0.15) is 77.7 Å². The summed E-state index contributed by atoms with van der Waals surface area (Å²) < 4.78 is 0. The van der Waals surface area contributed by atoms with Gasteiger partial charge in [-0.3, -0.25) is 4.84 Å². The Morgan fingerprint density at radius 2 is 1.54 bits per heavy atom. The minimum absolute atomic E-state index is 0.130. The molecule has 0 amide bonds. The minimum Gasteiger partial charge on any atom is -0.294 e. The summed E-state index contributed by atoms with van der Waals surface area (Å²) in [7, 11) is 0. The topological polar surface area (TPSA) is 12.5 Å². The quantitative estimate of drug-likeness (QED) is 0.722. The molecule has 1 aliphatic heterocycles. The van der Waals surface area contributed by atoms with Gasteiger partial charge in [0.15, 0.2) is 0 Å². The second-order valence-electron chi connectivity index (χ2n) is 9.61. The number of benzene rings is 1. The third kappa shape index (κ3) is 2.72. The molecule has 2 saturated carbocycles. The van der Waals surface area contributed by atoms with Crippen molar-refractivity contribution in [3.8, 4) is 0 Å². The Bertz CT molecular complexity index is 563. The number of hydrogen-bond donors (Lipinski definition) is 0. The van der Waals surface area contributed by atoms with Gasteiger partial charge in [-0.15, -0.1) is 0 Å². The van der Waals surface area contributed by atoms with Crippen LogP contribution in [-0.4, -0.2) is 22.2 Å². The molecule has 4 atom stereocenters. The lowest BCUT2D eigenvalue weighted by molar-refractivity contribution is -0.314. The molecule has 1 aromatic rings.